The van der Waals surface area contributed by atoms with E-state index in [1.54, 1.807) is 0 Å². The Labute approximate surface area is 137 Å². The van der Waals surface area contributed by atoms with Crippen LogP contribution in [-0.2, 0) is 4.79 Å². The molecule has 126 valence electrons. The fourth-order valence-electron chi connectivity index (χ4n) is 3.29. The van der Waals surface area contributed by atoms with Crippen LogP contribution in [0.4, 0.5) is 5.82 Å². The van der Waals surface area contributed by atoms with Gasteiger partial charge in [-0.2, -0.15) is 0 Å². The Morgan fingerprint density at radius 1 is 1.35 bits per heavy atom. The molecule has 0 atom stereocenters. The number of aromatic nitrogens is 2. The lowest BCUT2D eigenvalue weighted by atomic mass is 9.80. The van der Waals surface area contributed by atoms with Crippen molar-refractivity contribution < 1.29 is 9.90 Å². The first-order chi connectivity index (χ1) is 11.0. The fraction of sp³-hybridized carbons (Fsp3) is 0.706. The average molecular weight is 318 g/mol. The lowest BCUT2D eigenvalue weighted by molar-refractivity contribution is -0.133. The molecular formula is C17H26N4O2. The first kappa shape index (κ1) is 16.2. The molecule has 2 aliphatic rings. The Bertz CT molecular complexity index is 572. The molecule has 23 heavy (non-hydrogen) atoms. The highest BCUT2D eigenvalue weighted by atomic mass is 16.3. The molecule has 0 unspecified atom stereocenters. The quantitative estimate of drug-likeness (QED) is 0.890. The van der Waals surface area contributed by atoms with Gasteiger partial charge in [-0.3, -0.25) is 4.79 Å². The maximum absolute atomic E-state index is 11.9. The van der Waals surface area contributed by atoms with Gasteiger partial charge >= 0.3 is 0 Å². The molecule has 1 aliphatic carbocycles. The molecule has 1 saturated carbocycles. The summed E-state index contributed by atoms with van der Waals surface area (Å²) in [4.78, 5) is 25.0. The summed E-state index contributed by atoms with van der Waals surface area (Å²) in [5.41, 5.74) is 1.03. The molecule has 2 heterocycles. The first-order valence-corrected chi connectivity index (χ1v) is 8.55. The van der Waals surface area contributed by atoms with Crippen LogP contribution in [0.25, 0.3) is 0 Å². The predicted octanol–water partition coefficient (Wildman–Crippen LogP) is 1.47. The van der Waals surface area contributed by atoms with E-state index in [0.29, 0.717) is 12.3 Å². The number of hydrogen-bond acceptors (Lipinski definition) is 5. The number of aliphatic hydroxyl groups excluding tert-OH is 1. The van der Waals surface area contributed by atoms with E-state index in [9.17, 15) is 9.90 Å². The molecule has 2 fully saturated rings. The zero-order valence-electron chi connectivity index (χ0n) is 14.0. The predicted molar refractivity (Wildman–Crippen MR) is 88.5 cm³/mol. The normalized spacial score (nSPS) is 24.5. The van der Waals surface area contributed by atoms with Crippen molar-refractivity contribution in [2.75, 3.05) is 31.6 Å². The molecule has 1 saturated heterocycles. The summed E-state index contributed by atoms with van der Waals surface area (Å²) in [6.45, 7) is 4.30. The van der Waals surface area contributed by atoms with Gasteiger partial charge in [0, 0.05) is 50.8 Å². The summed E-state index contributed by atoms with van der Waals surface area (Å²) in [6, 6.07) is 2.03. The number of likely N-dealkylation sites (N-methyl/N-ethyl adjacent to an activating group) is 1. The number of rotatable bonds is 5. The Morgan fingerprint density at radius 3 is 2.83 bits per heavy atom. The van der Waals surface area contributed by atoms with E-state index in [2.05, 4.69) is 14.9 Å². The summed E-state index contributed by atoms with van der Waals surface area (Å²) in [5.74, 6) is 2.29. The van der Waals surface area contributed by atoms with Gasteiger partial charge in [0.2, 0.25) is 5.91 Å². The highest BCUT2D eigenvalue weighted by molar-refractivity contribution is 5.76. The van der Waals surface area contributed by atoms with Crippen molar-refractivity contribution in [3.05, 3.63) is 17.6 Å². The topological polar surface area (TPSA) is 69.6 Å². The fourth-order valence-corrected chi connectivity index (χ4v) is 3.29. The monoisotopic (exact) mass is 318 g/mol. The van der Waals surface area contributed by atoms with Crippen LogP contribution in [0.5, 0.6) is 0 Å². The molecular weight excluding hydrogens is 292 g/mol. The molecule has 0 spiro atoms. The SMILES string of the molecule is Cc1nc(C2CC(O)C2)cc(N(C)CCN2CCCCC2=O)n1. The molecule has 0 bridgehead atoms. The minimum atomic E-state index is -0.179. The minimum Gasteiger partial charge on any atom is -0.393 e. The second-order valence-electron chi connectivity index (χ2n) is 6.78. The first-order valence-electron chi connectivity index (χ1n) is 8.55. The van der Waals surface area contributed by atoms with Crippen molar-refractivity contribution in [2.45, 2.75) is 51.0 Å². The van der Waals surface area contributed by atoms with E-state index in [1.165, 1.54) is 0 Å². The summed E-state index contributed by atoms with van der Waals surface area (Å²) in [7, 11) is 2.01. The Hall–Kier alpha value is -1.69. The van der Waals surface area contributed by atoms with Crippen LogP contribution in [-0.4, -0.2) is 58.7 Å². The van der Waals surface area contributed by atoms with Gasteiger partial charge in [-0.1, -0.05) is 0 Å². The van der Waals surface area contributed by atoms with Crippen molar-refractivity contribution in [3.8, 4) is 0 Å². The molecule has 6 nitrogen and oxygen atoms in total. The third-order valence-corrected chi connectivity index (χ3v) is 4.89. The summed E-state index contributed by atoms with van der Waals surface area (Å²) < 4.78 is 0. The van der Waals surface area contributed by atoms with Gasteiger partial charge in [0.15, 0.2) is 0 Å². The number of hydrogen-bond donors (Lipinski definition) is 1. The lowest BCUT2D eigenvalue weighted by Gasteiger charge is -2.32. The van der Waals surface area contributed by atoms with E-state index in [1.807, 2.05) is 24.9 Å². The number of anilines is 1. The Morgan fingerprint density at radius 2 is 2.13 bits per heavy atom. The molecule has 1 aliphatic heterocycles. The molecule has 1 amide bonds. The van der Waals surface area contributed by atoms with E-state index < -0.39 is 0 Å². The zero-order valence-corrected chi connectivity index (χ0v) is 14.0. The third kappa shape index (κ3) is 3.80. The van der Waals surface area contributed by atoms with Gasteiger partial charge in [-0.05, 0) is 32.6 Å². The van der Waals surface area contributed by atoms with Crippen molar-refractivity contribution in [2.24, 2.45) is 0 Å². The summed E-state index contributed by atoms with van der Waals surface area (Å²) in [6.07, 6.45) is 4.22. The molecule has 0 radical (unpaired) electrons. The molecule has 1 N–H and O–H groups in total. The van der Waals surface area contributed by atoms with Crippen LogP contribution in [0.2, 0.25) is 0 Å². The minimum absolute atomic E-state index is 0.179. The summed E-state index contributed by atoms with van der Waals surface area (Å²) in [5, 5.41) is 9.49. The van der Waals surface area contributed by atoms with Gasteiger partial charge in [-0.15, -0.1) is 0 Å². The number of amides is 1. The van der Waals surface area contributed by atoms with Crippen LogP contribution in [0.3, 0.4) is 0 Å². The van der Waals surface area contributed by atoms with Crippen LogP contribution >= 0.6 is 0 Å². The van der Waals surface area contributed by atoms with Crippen LogP contribution in [0.15, 0.2) is 6.07 Å². The van der Waals surface area contributed by atoms with Crippen molar-refractivity contribution in [1.82, 2.24) is 14.9 Å². The number of aryl methyl sites for hydroxylation is 1. The van der Waals surface area contributed by atoms with Crippen LogP contribution < -0.4 is 4.90 Å². The largest absolute Gasteiger partial charge is 0.393 e. The summed E-state index contributed by atoms with van der Waals surface area (Å²) >= 11 is 0. The Kier molecular flexibility index (Phi) is 4.80. The molecule has 0 aromatic carbocycles. The third-order valence-electron chi connectivity index (χ3n) is 4.89. The van der Waals surface area contributed by atoms with Crippen LogP contribution in [0, 0.1) is 6.92 Å². The smallest absolute Gasteiger partial charge is 0.222 e. The molecule has 1 aromatic heterocycles. The van der Waals surface area contributed by atoms with Crippen molar-refractivity contribution >= 4 is 11.7 Å². The van der Waals surface area contributed by atoms with E-state index in [0.717, 1.165) is 62.7 Å². The molecule has 3 rings (SSSR count). The molecule has 6 heteroatoms. The van der Waals surface area contributed by atoms with E-state index >= 15 is 0 Å². The number of likely N-dealkylation sites (tertiary alicyclic amines) is 1. The van der Waals surface area contributed by atoms with Crippen molar-refractivity contribution in [3.63, 3.8) is 0 Å². The highest BCUT2D eigenvalue weighted by Gasteiger charge is 2.30. The standard InChI is InChI=1S/C17H26N4O2/c1-12-18-15(13-9-14(22)10-13)11-16(19-12)20(2)7-8-21-6-4-3-5-17(21)23/h11,13-14,22H,3-10H2,1-2H3. The molecule has 1 aromatic rings. The van der Waals surface area contributed by atoms with Gasteiger partial charge < -0.3 is 14.9 Å². The Balaban J connectivity index is 1.62. The number of carbonyl (C=O) groups excluding carboxylic acids is 1. The number of carbonyl (C=O) groups is 1. The highest BCUT2D eigenvalue weighted by Crippen LogP contribution is 2.36. The van der Waals surface area contributed by atoms with Crippen molar-refractivity contribution in [1.29, 1.82) is 0 Å². The number of aliphatic hydroxyl groups is 1. The second-order valence-corrected chi connectivity index (χ2v) is 6.78. The lowest BCUT2D eigenvalue weighted by Crippen LogP contribution is -2.40. The van der Waals surface area contributed by atoms with E-state index in [4.69, 9.17) is 0 Å². The average Bonchev–Trinajstić information content (AvgIpc) is 2.50. The van der Waals surface area contributed by atoms with Gasteiger partial charge in [0.1, 0.15) is 11.6 Å². The number of nitrogens with zero attached hydrogens (tertiary/aromatic N) is 4. The van der Waals surface area contributed by atoms with Crippen LogP contribution in [0.1, 0.15) is 49.5 Å². The maximum atomic E-state index is 11.9. The van der Waals surface area contributed by atoms with Gasteiger partial charge in [0.25, 0.3) is 0 Å². The maximum Gasteiger partial charge on any atom is 0.222 e. The van der Waals surface area contributed by atoms with Gasteiger partial charge in [0.05, 0.1) is 6.10 Å². The number of piperidine rings is 1. The second kappa shape index (κ2) is 6.83. The van der Waals surface area contributed by atoms with E-state index in [-0.39, 0.29) is 12.0 Å². The zero-order chi connectivity index (χ0) is 16.4. The van der Waals surface area contributed by atoms with Gasteiger partial charge in [-0.25, -0.2) is 9.97 Å².